The SMILES string of the molecule is CCc1ccc(/C=C/c2ccc(Oc3ccc(/C=C/c4ccc(CC)cc4)cc3)cc2)cc1. The standard InChI is InChI=1S/C32H30O/c1-3-25-5-9-27(10-6-25)13-15-29-17-21-31(22-18-29)33-32-23-19-30(20-24-32)16-14-28-11-7-26(4-2)8-12-28/h5-24H,3-4H2,1-2H3/b15-13+,16-14+. The van der Waals surface area contributed by atoms with Crippen LogP contribution in [0.3, 0.4) is 0 Å². The fourth-order valence-corrected chi connectivity index (χ4v) is 3.54. The lowest BCUT2D eigenvalue weighted by Gasteiger charge is -2.06. The van der Waals surface area contributed by atoms with Crippen molar-refractivity contribution in [2.75, 3.05) is 0 Å². The number of ether oxygens (including phenoxy) is 1. The molecule has 1 nitrogen and oxygen atoms in total. The monoisotopic (exact) mass is 430 g/mol. The lowest BCUT2D eigenvalue weighted by Crippen LogP contribution is -1.84. The molecule has 0 atom stereocenters. The summed E-state index contributed by atoms with van der Waals surface area (Å²) in [7, 11) is 0. The van der Waals surface area contributed by atoms with E-state index in [1.807, 2.05) is 24.3 Å². The third-order valence-corrected chi connectivity index (χ3v) is 5.71. The number of hydrogen-bond acceptors (Lipinski definition) is 1. The summed E-state index contributed by atoms with van der Waals surface area (Å²) in [6.45, 7) is 4.35. The van der Waals surface area contributed by atoms with E-state index in [4.69, 9.17) is 4.74 Å². The number of rotatable bonds is 8. The first-order valence-electron chi connectivity index (χ1n) is 11.6. The molecule has 0 aliphatic rings. The van der Waals surface area contributed by atoms with E-state index in [9.17, 15) is 0 Å². The maximum Gasteiger partial charge on any atom is 0.127 e. The lowest BCUT2D eigenvalue weighted by atomic mass is 10.1. The zero-order chi connectivity index (χ0) is 22.9. The Morgan fingerprint density at radius 3 is 0.970 bits per heavy atom. The molecule has 0 aliphatic carbocycles. The molecule has 4 aromatic carbocycles. The summed E-state index contributed by atoms with van der Waals surface area (Å²) >= 11 is 0. The molecule has 0 bridgehead atoms. The van der Waals surface area contributed by atoms with Crippen LogP contribution in [0.5, 0.6) is 11.5 Å². The molecule has 0 radical (unpaired) electrons. The number of aryl methyl sites for hydroxylation is 2. The highest BCUT2D eigenvalue weighted by Gasteiger charge is 1.98. The Bertz CT molecular complexity index is 1090. The summed E-state index contributed by atoms with van der Waals surface area (Å²) in [5, 5.41) is 0. The second-order valence-electron chi connectivity index (χ2n) is 8.10. The van der Waals surface area contributed by atoms with Crippen molar-refractivity contribution >= 4 is 24.3 Å². The van der Waals surface area contributed by atoms with E-state index in [-0.39, 0.29) is 0 Å². The molecule has 0 amide bonds. The fourth-order valence-electron chi connectivity index (χ4n) is 3.54. The van der Waals surface area contributed by atoms with Crippen LogP contribution in [0.1, 0.15) is 47.2 Å². The highest BCUT2D eigenvalue weighted by molar-refractivity contribution is 5.71. The summed E-state index contributed by atoms with van der Waals surface area (Å²) in [5.41, 5.74) is 7.43. The van der Waals surface area contributed by atoms with Crippen LogP contribution in [0.15, 0.2) is 97.1 Å². The van der Waals surface area contributed by atoms with E-state index in [1.165, 1.54) is 22.3 Å². The Morgan fingerprint density at radius 1 is 0.424 bits per heavy atom. The van der Waals surface area contributed by atoms with Crippen molar-refractivity contribution < 1.29 is 4.74 Å². The van der Waals surface area contributed by atoms with Crippen LogP contribution < -0.4 is 4.74 Å². The van der Waals surface area contributed by atoms with Gasteiger partial charge in [0.1, 0.15) is 11.5 Å². The van der Waals surface area contributed by atoms with Crippen molar-refractivity contribution in [1.82, 2.24) is 0 Å². The Hall–Kier alpha value is -3.84. The summed E-state index contributed by atoms with van der Waals surface area (Å²) in [5.74, 6) is 1.66. The van der Waals surface area contributed by atoms with Crippen LogP contribution in [0.2, 0.25) is 0 Å². The van der Waals surface area contributed by atoms with Gasteiger partial charge in [0.15, 0.2) is 0 Å². The van der Waals surface area contributed by atoms with Gasteiger partial charge in [-0.15, -0.1) is 0 Å². The van der Waals surface area contributed by atoms with Gasteiger partial charge < -0.3 is 4.74 Å². The molecule has 0 heterocycles. The van der Waals surface area contributed by atoms with Crippen molar-refractivity contribution in [2.24, 2.45) is 0 Å². The molecule has 0 unspecified atom stereocenters. The first-order chi connectivity index (χ1) is 16.2. The molecule has 0 aromatic heterocycles. The highest BCUT2D eigenvalue weighted by atomic mass is 16.5. The van der Waals surface area contributed by atoms with Crippen LogP contribution in [0.4, 0.5) is 0 Å². The normalized spacial score (nSPS) is 11.3. The average Bonchev–Trinajstić information content (AvgIpc) is 2.88. The van der Waals surface area contributed by atoms with Gasteiger partial charge in [-0.1, -0.05) is 111 Å². The Balaban J connectivity index is 1.33. The van der Waals surface area contributed by atoms with Gasteiger partial charge in [0.25, 0.3) is 0 Å². The average molecular weight is 431 g/mol. The highest BCUT2D eigenvalue weighted by Crippen LogP contribution is 2.23. The number of benzene rings is 4. The van der Waals surface area contributed by atoms with Crippen molar-refractivity contribution in [3.8, 4) is 11.5 Å². The molecule has 4 rings (SSSR count). The number of hydrogen-bond donors (Lipinski definition) is 0. The van der Waals surface area contributed by atoms with Crippen LogP contribution in [0.25, 0.3) is 24.3 Å². The summed E-state index contributed by atoms with van der Waals surface area (Å²) in [6.07, 6.45) is 10.7. The molecule has 4 aromatic rings. The minimum atomic E-state index is 0.832. The Labute approximate surface area is 197 Å². The topological polar surface area (TPSA) is 9.23 Å². The van der Waals surface area contributed by atoms with E-state index in [0.717, 1.165) is 35.5 Å². The Morgan fingerprint density at radius 2 is 0.697 bits per heavy atom. The summed E-state index contributed by atoms with van der Waals surface area (Å²) in [6, 6.07) is 33.7. The first kappa shape index (κ1) is 22.4. The van der Waals surface area contributed by atoms with Crippen LogP contribution in [-0.4, -0.2) is 0 Å². The van der Waals surface area contributed by atoms with E-state index in [2.05, 4.69) is 111 Å². The zero-order valence-electron chi connectivity index (χ0n) is 19.4. The molecule has 0 saturated carbocycles. The third-order valence-electron chi connectivity index (χ3n) is 5.71. The molecule has 0 spiro atoms. The van der Waals surface area contributed by atoms with Crippen molar-refractivity contribution in [3.05, 3.63) is 130 Å². The van der Waals surface area contributed by atoms with Gasteiger partial charge in [0, 0.05) is 0 Å². The molecule has 0 aliphatic heterocycles. The van der Waals surface area contributed by atoms with Gasteiger partial charge in [0.05, 0.1) is 0 Å². The third kappa shape index (κ3) is 6.57. The van der Waals surface area contributed by atoms with Gasteiger partial charge in [-0.25, -0.2) is 0 Å². The molecule has 164 valence electrons. The van der Waals surface area contributed by atoms with Gasteiger partial charge in [0.2, 0.25) is 0 Å². The van der Waals surface area contributed by atoms with Gasteiger partial charge in [-0.2, -0.15) is 0 Å². The second-order valence-corrected chi connectivity index (χ2v) is 8.10. The van der Waals surface area contributed by atoms with Crippen molar-refractivity contribution in [3.63, 3.8) is 0 Å². The van der Waals surface area contributed by atoms with Crippen molar-refractivity contribution in [1.29, 1.82) is 0 Å². The van der Waals surface area contributed by atoms with Gasteiger partial charge >= 0.3 is 0 Å². The molecule has 0 fully saturated rings. The summed E-state index contributed by atoms with van der Waals surface area (Å²) < 4.78 is 6.02. The molecular formula is C32H30O. The van der Waals surface area contributed by atoms with Crippen LogP contribution in [0, 0.1) is 0 Å². The van der Waals surface area contributed by atoms with E-state index in [1.54, 1.807) is 0 Å². The molecule has 0 N–H and O–H groups in total. The van der Waals surface area contributed by atoms with E-state index in [0.29, 0.717) is 0 Å². The predicted octanol–water partition coefficient (Wildman–Crippen LogP) is 8.94. The quantitative estimate of drug-likeness (QED) is 0.253. The molecule has 1 heteroatoms. The molecular weight excluding hydrogens is 400 g/mol. The van der Waals surface area contributed by atoms with E-state index >= 15 is 0 Å². The van der Waals surface area contributed by atoms with Crippen LogP contribution in [-0.2, 0) is 12.8 Å². The first-order valence-corrected chi connectivity index (χ1v) is 11.6. The Kier molecular flexibility index (Phi) is 7.56. The van der Waals surface area contributed by atoms with E-state index < -0.39 is 0 Å². The second kappa shape index (κ2) is 11.2. The minimum absolute atomic E-state index is 0.832. The maximum absolute atomic E-state index is 6.02. The van der Waals surface area contributed by atoms with Crippen LogP contribution >= 0.6 is 0 Å². The summed E-state index contributed by atoms with van der Waals surface area (Å²) in [4.78, 5) is 0. The maximum atomic E-state index is 6.02. The van der Waals surface area contributed by atoms with Crippen molar-refractivity contribution in [2.45, 2.75) is 26.7 Å². The predicted molar refractivity (Wildman–Crippen MR) is 142 cm³/mol. The molecule has 0 saturated heterocycles. The fraction of sp³-hybridized carbons (Fsp3) is 0.125. The van der Waals surface area contributed by atoms with Gasteiger partial charge in [-0.3, -0.25) is 0 Å². The minimum Gasteiger partial charge on any atom is -0.457 e. The smallest absolute Gasteiger partial charge is 0.127 e. The zero-order valence-corrected chi connectivity index (χ0v) is 19.4. The van der Waals surface area contributed by atoms with Gasteiger partial charge in [-0.05, 0) is 70.5 Å². The molecule has 33 heavy (non-hydrogen) atoms. The largest absolute Gasteiger partial charge is 0.457 e. The lowest BCUT2D eigenvalue weighted by molar-refractivity contribution is 0.482.